The standard InChI is InChI=1S/C7H5BrClN3/c1-3-5(8)6-4(11-3)2-10-7(9)12-6/h2,11H,1H3. The summed E-state index contributed by atoms with van der Waals surface area (Å²) < 4.78 is 0.946. The highest BCUT2D eigenvalue weighted by Gasteiger charge is 2.07. The van der Waals surface area contributed by atoms with Crippen LogP contribution in [-0.4, -0.2) is 15.0 Å². The summed E-state index contributed by atoms with van der Waals surface area (Å²) in [6, 6.07) is 0. The number of hydrogen-bond acceptors (Lipinski definition) is 2. The number of aromatic nitrogens is 3. The number of hydrogen-bond donors (Lipinski definition) is 1. The topological polar surface area (TPSA) is 41.6 Å². The van der Waals surface area contributed by atoms with E-state index in [-0.39, 0.29) is 5.28 Å². The zero-order valence-corrected chi connectivity index (χ0v) is 8.57. The minimum atomic E-state index is 0.266. The molecule has 0 bridgehead atoms. The smallest absolute Gasteiger partial charge is 0.223 e. The Morgan fingerprint density at radius 1 is 1.58 bits per heavy atom. The lowest BCUT2D eigenvalue weighted by Gasteiger charge is -1.89. The maximum Gasteiger partial charge on any atom is 0.223 e. The summed E-state index contributed by atoms with van der Waals surface area (Å²) in [7, 11) is 0. The van der Waals surface area contributed by atoms with Crippen molar-refractivity contribution in [1.82, 2.24) is 15.0 Å². The third-order valence-electron chi connectivity index (χ3n) is 1.62. The Labute approximate surface area is 82.3 Å². The first-order valence-corrected chi connectivity index (χ1v) is 4.52. The van der Waals surface area contributed by atoms with Gasteiger partial charge in [0.2, 0.25) is 5.28 Å². The molecule has 0 aromatic carbocycles. The second kappa shape index (κ2) is 2.71. The number of aryl methyl sites for hydroxylation is 1. The van der Waals surface area contributed by atoms with Gasteiger partial charge >= 0.3 is 0 Å². The van der Waals surface area contributed by atoms with Crippen molar-refractivity contribution in [2.24, 2.45) is 0 Å². The normalized spacial score (nSPS) is 10.9. The third-order valence-corrected chi connectivity index (χ3v) is 2.77. The first kappa shape index (κ1) is 8.01. The molecule has 3 nitrogen and oxygen atoms in total. The van der Waals surface area contributed by atoms with Gasteiger partial charge in [-0.1, -0.05) is 0 Å². The highest BCUT2D eigenvalue weighted by Crippen LogP contribution is 2.25. The summed E-state index contributed by atoms with van der Waals surface area (Å²) in [5, 5.41) is 0.266. The van der Waals surface area contributed by atoms with Gasteiger partial charge in [-0.3, -0.25) is 0 Å². The van der Waals surface area contributed by atoms with E-state index in [0.717, 1.165) is 21.2 Å². The van der Waals surface area contributed by atoms with Crippen LogP contribution in [0.25, 0.3) is 11.0 Å². The largest absolute Gasteiger partial charge is 0.355 e. The van der Waals surface area contributed by atoms with Crippen molar-refractivity contribution in [2.45, 2.75) is 6.92 Å². The number of rotatable bonds is 0. The monoisotopic (exact) mass is 245 g/mol. The van der Waals surface area contributed by atoms with Crippen LogP contribution in [0.1, 0.15) is 5.69 Å². The van der Waals surface area contributed by atoms with Gasteiger partial charge in [0.1, 0.15) is 5.52 Å². The van der Waals surface area contributed by atoms with Crippen LogP contribution < -0.4 is 0 Å². The van der Waals surface area contributed by atoms with E-state index in [4.69, 9.17) is 11.6 Å². The van der Waals surface area contributed by atoms with Gasteiger partial charge in [0, 0.05) is 5.69 Å². The lowest BCUT2D eigenvalue weighted by atomic mass is 10.4. The summed E-state index contributed by atoms with van der Waals surface area (Å²) in [6.45, 7) is 1.96. The van der Waals surface area contributed by atoms with Gasteiger partial charge in [-0.15, -0.1) is 0 Å². The molecule has 0 radical (unpaired) electrons. The van der Waals surface area contributed by atoms with E-state index in [1.54, 1.807) is 6.20 Å². The molecule has 0 unspecified atom stereocenters. The van der Waals surface area contributed by atoms with Gasteiger partial charge in [-0.25, -0.2) is 9.97 Å². The molecule has 2 aromatic heterocycles. The SMILES string of the molecule is Cc1[nH]c2cnc(Cl)nc2c1Br. The van der Waals surface area contributed by atoms with Gasteiger partial charge < -0.3 is 4.98 Å². The molecular formula is C7H5BrClN3. The van der Waals surface area contributed by atoms with E-state index in [0.29, 0.717) is 0 Å². The fraction of sp³-hybridized carbons (Fsp3) is 0.143. The average molecular weight is 246 g/mol. The first-order valence-electron chi connectivity index (χ1n) is 3.35. The molecule has 0 aliphatic rings. The maximum atomic E-state index is 5.64. The molecule has 0 amide bonds. The molecule has 0 saturated carbocycles. The predicted octanol–water partition coefficient (Wildman–Crippen LogP) is 2.68. The van der Waals surface area contributed by atoms with Crippen molar-refractivity contribution in [3.8, 4) is 0 Å². The highest BCUT2D eigenvalue weighted by atomic mass is 79.9. The molecule has 0 spiro atoms. The molecule has 0 saturated heterocycles. The molecule has 1 N–H and O–H groups in total. The molecule has 0 fully saturated rings. The van der Waals surface area contributed by atoms with Crippen molar-refractivity contribution in [3.63, 3.8) is 0 Å². The Kier molecular flexibility index (Phi) is 1.81. The molecule has 0 aliphatic heterocycles. The molecule has 2 aromatic rings. The van der Waals surface area contributed by atoms with Crippen LogP contribution >= 0.6 is 27.5 Å². The van der Waals surface area contributed by atoms with Crippen LogP contribution in [0.15, 0.2) is 10.7 Å². The number of aromatic amines is 1. The molecule has 0 aliphatic carbocycles. The quantitative estimate of drug-likeness (QED) is 0.726. The molecule has 5 heteroatoms. The molecular weight excluding hydrogens is 241 g/mol. The van der Waals surface area contributed by atoms with E-state index < -0.39 is 0 Å². The Balaban J connectivity index is 2.88. The number of nitrogens with one attached hydrogen (secondary N) is 1. The van der Waals surface area contributed by atoms with Crippen molar-refractivity contribution < 1.29 is 0 Å². The first-order chi connectivity index (χ1) is 5.68. The average Bonchev–Trinajstić information content (AvgIpc) is 2.31. The highest BCUT2D eigenvalue weighted by molar-refractivity contribution is 9.10. The number of halogens is 2. The van der Waals surface area contributed by atoms with Gasteiger partial charge in [-0.2, -0.15) is 0 Å². The van der Waals surface area contributed by atoms with Crippen LogP contribution in [0.2, 0.25) is 5.28 Å². The Bertz CT molecular complexity index is 437. The molecule has 2 heterocycles. The van der Waals surface area contributed by atoms with Gasteiger partial charge in [0.15, 0.2) is 0 Å². The zero-order chi connectivity index (χ0) is 8.72. The zero-order valence-electron chi connectivity index (χ0n) is 6.23. The van der Waals surface area contributed by atoms with Crippen molar-refractivity contribution in [3.05, 3.63) is 21.6 Å². The molecule has 62 valence electrons. The number of nitrogens with zero attached hydrogens (tertiary/aromatic N) is 2. The number of fused-ring (bicyclic) bond motifs is 1. The van der Waals surface area contributed by atoms with E-state index in [1.807, 2.05) is 6.92 Å². The van der Waals surface area contributed by atoms with Crippen molar-refractivity contribution in [2.75, 3.05) is 0 Å². The Morgan fingerprint density at radius 3 is 3.08 bits per heavy atom. The summed E-state index contributed by atoms with van der Waals surface area (Å²) >= 11 is 9.05. The second-order valence-electron chi connectivity index (χ2n) is 2.47. The number of H-pyrrole nitrogens is 1. The van der Waals surface area contributed by atoms with Gasteiger partial charge in [0.05, 0.1) is 16.2 Å². The van der Waals surface area contributed by atoms with Crippen molar-refractivity contribution >= 4 is 38.6 Å². The maximum absolute atomic E-state index is 5.64. The summed E-state index contributed by atoms with van der Waals surface area (Å²) in [6.07, 6.45) is 1.67. The fourth-order valence-corrected chi connectivity index (χ4v) is 1.59. The van der Waals surface area contributed by atoms with E-state index in [9.17, 15) is 0 Å². The predicted molar refractivity (Wildman–Crippen MR) is 51.3 cm³/mol. The van der Waals surface area contributed by atoms with E-state index in [2.05, 4.69) is 30.9 Å². The summed E-state index contributed by atoms with van der Waals surface area (Å²) in [5.41, 5.74) is 2.75. The van der Waals surface area contributed by atoms with Gasteiger partial charge in [0.25, 0.3) is 0 Å². The lowest BCUT2D eigenvalue weighted by molar-refractivity contribution is 1.21. The molecule has 0 atom stereocenters. The van der Waals surface area contributed by atoms with E-state index in [1.165, 1.54) is 0 Å². The van der Waals surface area contributed by atoms with Crippen LogP contribution in [0.4, 0.5) is 0 Å². The molecule has 12 heavy (non-hydrogen) atoms. The van der Waals surface area contributed by atoms with Crippen LogP contribution in [0, 0.1) is 6.92 Å². The second-order valence-corrected chi connectivity index (χ2v) is 3.60. The van der Waals surface area contributed by atoms with Crippen LogP contribution in [0.3, 0.4) is 0 Å². The van der Waals surface area contributed by atoms with Gasteiger partial charge in [-0.05, 0) is 34.5 Å². The minimum Gasteiger partial charge on any atom is -0.355 e. The molecule has 2 rings (SSSR count). The Hall–Kier alpha value is -0.610. The lowest BCUT2D eigenvalue weighted by Crippen LogP contribution is -1.80. The third kappa shape index (κ3) is 1.11. The summed E-state index contributed by atoms with van der Waals surface area (Å²) in [5.74, 6) is 0. The van der Waals surface area contributed by atoms with Crippen molar-refractivity contribution in [1.29, 1.82) is 0 Å². The summed E-state index contributed by atoms with van der Waals surface area (Å²) in [4.78, 5) is 11.1. The van der Waals surface area contributed by atoms with Crippen LogP contribution in [0.5, 0.6) is 0 Å². The van der Waals surface area contributed by atoms with Crippen LogP contribution in [-0.2, 0) is 0 Å². The Morgan fingerprint density at radius 2 is 2.33 bits per heavy atom. The van der Waals surface area contributed by atoms with E-state index >= 15 is 0 Å². The minimum absolute atomic E-state index is 0.266. The fourth-order valence-electron chi connectivity index (χ4n) is 1.05.